The van der Waals surface area contributed by atoms with Gasteiger partial charge in [-0.3, -0.25) is 0 Å². The lowest BCUT2D eigenvalue weighted by atomic mass is 10.1. The Kier molecular flexibility index (Phi) is 4.13. The van der Waals surface area contributed by atoms with Crippen molar-refractivity contribution in [2.45, 2.75) is 20.4 Å². The molecule has 0 heterocycles. The summed E-state index contributed by atoms with van der Waals surface area (Å²) in [5.74, 6) is 0.548. The van der Waals surface area contributed by atoms with E-state index >= 15 is 0 Å². The van der Waals surface area contributed by atoms with E-state index in [-0.39, 0.29) is 11.6 Å². The van der Waals surface area contributed by atoms with Gasteiger partial charge in [0.25, 0.3) is 0 Å². The van der Waals surface area contributed by atoms with Crippen LogP contribution < -0.4 is 10.1 Å². The maximum absolute atomic E-state index is 13.2. The van der Waals surface area contributed by atoms with Gasteiger partial charge in [0.2, 0.25) is 0 Å². The van der Waals surface area contributed by atoms with Crippen molar-refractivity contribution in [2.24, 2.45) is 0 Å². The van der Waals surface area contributed by atoms with Gasteiger partial charge in [-0.1, -0.05) is 6.07 Å². The van der Waals surface area contributed by atoms with Crippen LogP contribution in [0.25, 0.3) is 0 Å². The summed E-state index contributed by atoms with van der Waals surface area (Å²) in [5.41, 5.74) is 3.47. The quantitative estimate of drug-likeness (QED) is 0.892. The van der Waals surface area contributed by atoms with E-state index in [1.807, 2.05) is 26.0 Å². The van der Waals surface area contributed by atoms with Crippen molar-refractivity contribution in [1.29, 1.82) is 0 Å². The lowest BCUT2D eigenvalue weighted by Gasteiger charge is -2.15. The molecule has 2 rings (SSSR count). The molecule has 20 heavy (non-hydrogen) atoms. The average molecular weight is 275 g/mol. The Labute approximate surface area is 118 Å². The summed E-state index contributed by atoms with van der Waals surface area (Å²) in [7, 11) is 1.64. The molecule has 0 aliphatic carbocycles. The summed E-state index contributed by atoms with van der Waals surface area (Å²) < 4.78 is 18.5. The first kappa shape index (κ1) is 14.2. The minimum absolute atomic E-state index is 0.0793. The summed E-state index contributed by atoms with van der Waals surface area (Å²) in [5, 5.41) is 12.9. The number of benzene rings is 2. The molecule has 4 heteroatoms. The lowest BCUT2D eigenvalue weighted by Crippen LogP contribution is -2.03. The minimum atomic E-state index is -0.363. The molecular formula is C16H18FNO2. The number of aryl methyl sites for hydroxylation is 1. The summed E-state index contributed by atoms with van der Waals surface area (Å²) in [6.07, 6.45) is 0. The van der Waals surface area contributed by atoms with Crippen LogP contribution in [0.1, 0.15) is 16.7 Å². The van der Waals surface area contributed by atoms with Gasteiger partial charge in [0.15, 0.2) is 0 Å². The second kappa shape index (κ2) is 5.82. The van der Waals surface area contributed by atoms with Crippen molar-refractivity contribution in [3.63, 3.8) is 0 Å². The Morgan fingerprint density at radius 2 is 1.95 bits per heavy atom. The number of nitrogens with one attached hydrogen (secondary N) is 1. The summed E-state index contributed by atoms with van der Waals surface area (Å²) >= 11 is 0. The van der Waals surface area contributed by atoms with Gasteiger partial charge in [-0.25, -0.2) is 4.39 Å². The predicted molar refractivity (Wildman–Crippen MR) is 77.9 cm³/mol. The largest absolute Gasteiger partial charge is 0.508 e. The number of aromatic hydroxyl groups is 1. The molecule has 2 aromatic rings. The van der Waals surface area contributed by atoms with Crippen LogP contribution in [-0.2, 0) is 6.54 Å². The topological polar surface area (TPSA) is 41.5 Å². The first-order valence-electron chi connectivity index (χ1n) is 6.38. The number of phenols is 1. The van der Waals surface area contributed by atoms with Gasteiger partial charge in [0.05, 0.1) is 7.11 Å². The molecule has 0 saturated heterocycles. The Bertz CT molecular complexity index is 626. The Hall–Kier alpha value is -2.23. The number of rotatable bonds is 4. The molecule has 0 amide bonds. The Morgan fingerprint density at radius 3 is 2.65 bits per heavy atom. The molecule has 106 valence electrons. The van der Waals surface area contributed by atoms with E-state index in [1.165, 1.54) is 18.2 Å². The molecule has 2 aromatic carbocycles. The second-order valence-corrected chi connectivity index (χ2v) is 4.71. The molecule has 2 N–H and O–H groups in total. The number of phenolic OH excluding ortho intramolecular Hbond substituents is 1. The third-order valence-electron chi connectivity index (χ3n) is 3.32. The van der Waals surface area contributed by atoms with E-state index in [0.29, 0.717) is 12.1 Å². The van der Waals surface area contributed by atoms with Crippen LogP contribution in [-0.4, -0.2) is 12.2 Å². The maximum Gasteiger partial charge on any atom is 0.126 e. The van der Waals surface area contributed by atoms with Crippen molar-refractivity contribution in [1.82, 2.24) is 0 Å². The fourth-order valence-electron chi connectivity index (χ4n) is 2.22. The van der Waals surface area contributed by atoms with Gasteiger partial charge in [0.1, 0.15) is 17.3 Å². The molecule has 0 aliphatic heterocycles. The van der Waals surface area contributed by atoms with Crippen LogP contribution >= 0.6 is 0 Å². The third kappa shape index (κ3) is 2.85. The molecule has 3 nitrogen and oxygen atoms in total. The number of halogens is 1. The van der Waals surface area contributed by atoms with E-state index < -0.39 is 0 Å². The average Bonchev–Trinajstić information content (AvgIpc) is 2.42. The highest BCUT2D eigenvalue weighted by Crippen LogP contribution is 2.30. The van der Waals surface area contributed by atoms with E-state index in [0.717, 1.165) is 22.6 Å². The zero-order chi connectivity index (χ0) is 14.7. The van der Waals surface area contributed by atoms with E-state index in [1.54, 1.807) is 7.11 Å². The second-order valence-electron chi connectivity index (χ2n) is 4.71. The van der Waals surface area contributed by atoms with E-state index in [2.05, 4.69) is 5.32 Å². The zero-order valence-electron chi connectivity index (χ0n) is 11.8. The van der Waals surface area contributed by atoms with Crippen molar-refractivity contribution in [2.75, 3.05) is 12.4 Å². The Balaban J connectivity index is 2.21. The smallest absolute Gasteiger partial charge is 0.126 e. The summed E-state index contributed by atoms with van der Waals surface area (Å²) in [4.78, 5) is 0. The van der Waals surface area contributed by atoms with Gasteiger partial charge in [-0.15, -0.1) is 0 Å². The summed E-state index contributed by atoms with van der Waals surface area (Å²) in [6.45, 7) is 4.28. The van der Waals surface area contributed by atoms with Crippen molar-refractivity contribution in [3.05, 3.63) is 52.8 Å². The van der Waals surface area contributed by atoms with E-state index in [9.17, 15) is 9.50 Å². The SMILES string of the molecule is COc1c(C)ccc(NCc2cc(F)ccc2O)c1C. The van der Waals surface area contributed by atoms with Crippen LogP contribution in [0.5, 0.6) is 11.5 Å². The summed E-state index contributed by atoms with van der Waals surface area (Å²) in [6, 6.07) is 7.82. The maximum atomic E-state index is 13.2. The highest BCUT2D eigenvalue weighted by molar-refractivity contribution is 5.60. The molecular weight excluding hydrogens is 257 g/mol. The van der Waals surface area contributed by atoms with Gasteiger partial charge >= 0.3 is 0 Å². The molecule has 0 unspecified atom stereocenters. The normalized spacial score (nSPS) is 10.4. The molecule has 0 radical (unpaired) electrons. The monoisotopic (exact) mass is 275 g/mol. The predicted octanol–water partition coefficient (Wildman–Crippen LogP) is 3.77. The van der Waals surface area contributed by atoms with Crippen molar-refractivity contribution < 1.29 is 14.2 Å². The molecule has 0 aromatic heterocycles. The number of anilines is 1. The van der Waals surface area contributed by atoms with E-state index in [4.69, 9.17) is 4.74 Å². The van der Waals surface area contributed by atoms with Crippen LogP contribution in [0.15, 0.2) is 30.3 Å². The van der Waals surface area contributed by atoms with Gasteiger partial charge in [-0.2, -0.15) is 0 Å². The highest BCUT2D eigenvalue weighted by atomic mass is 19.1. The first-order chi connectivity index (χ1) is 9.52. The van der Waals surface area contributed by atoms with Crippen molar-refractivity contribution >= 4 is 5.69 Å². The van der Waals surface area contributed by atoms with Crippen LogP contribution in [0.4, 0.5) is 10.1 Å². The standard InChI is InChI=1S/C16H18FNO2/c1-10-4-6-14(11(2)16(10)20-3)18-9-12-8-13(17)5-7-15(12)19/h4-8,18-19H,9H2,1-3H3. The van der Waals surface area contributed by atoms with Crippen LogP contribution in [0, 0.1) is 19.7 Å². The zero-order valence-corrected chi connectivity index (χ0v) is 11.8. The lowest BCUT2D eigenvalue weighted by molar-refractivity contribution is 0.409. The third-order valence-corrected chi connectivity index (χ3v) is 3.32. The number of methoxy groups -OCH3 is 1. The molecule has 0 bridgehead atoms. The molecule has 0 saturated carbocycles. The number of hydrogen-bond donors (Lipinski definition) is 2. The first-order valence-corrected chi connectivity index (χ1v) is 6.38. The highest BCUT2D eigenvalue weighted by Gasteiger charge is 2.09. The molecule has 0 aliphatic rings. The molecule has 0 atom stereocenters. The fraction of sp³-hybridized carbons (Fsp3) is 0.250. The fourth-order valence-corrected chi connectivity index (χ4v) is 2.22. The number of ether oxygens (including phenoxy) is 1. The van der Waals surface area contributed by atoms with Crippen LogP contribution in [0.2, 0.25) is 0 Å². The minimum Gasteiger partial charge on any atom is -0.508 e. The van der Waals surface area contributed by atoms with Gasteiger partial charge < -0.3 is 15.2 Å². The molecule has 0 fully saturated rings. The Morgan fingerprint density at radius 1 is 1.20 bits per heavy atom. The van der Waals surface area contributed by atoms with Crippen LogP contribution in [0.3, 0.4) is 0 Å². The number of hydrogen-bond acceptors (Lipinski definition) is 3. The van der Waals surface area contributed by atoms with Gasteiger partial charge in [0, 0.05) is 23.4 Å². The van der Waals surface area contributed by atoms with Crippen molar-refractivity contribution in [3.8, 4) is 11.5 Å². The van der Waals surface area contributed by atoms with Gasteiger partial charge in [-0.05, 0) is 43.7 Å². The molecule has 0 spiro atoms.